The lowest BCUT2D eigenvalue weighted by atomic mass is 10.2. The lowest BCUT2D eigenvalue weighted by Crippen LogP contribution is -2.51. The van der Waals surface area contributed by atoms with Gasteiger partial charge in [0.2, 0.25) is 0 Å². The summed E-state index contributed by atoms with van der Waals surface area (Å²) in [6.07, 6.45) is -1.59. The van der Waals surface area contributed by atoms with Crippen molar-refractivity contribution in [2.45, 2.75) is 84.5 Å². The number of hydrogen-bond acceptors (Lipinski definition) is 4. The van der Waals surface area contributed by atoms with Crippen molar-refractivity contribution >= 4 is 14.4 Å². The first-order valence-corrected chi connectivity index (χ1v) is 9.92. The molecular weight excluding hydrogens is 274 g/mol. The smallest absolute Gasteiger partial charge is 0.408 e. The Labute approximate surface area is 124 Å². The Balaban J connectivity index is 4.50. The predicted octanol–water partition coefficient (Wildman–Crippen LogP) is 3.24. The van der Waals surface area contributed by atoms with Crippen LogP contribution in [0.3, 0.4) is 0 Å². The van der Waals surface area contributed by atoms with Gasteiger partial charge >= 0.3 is 6.09 Å². The van der Waals surface area contributed by atoms with Crippen molar-refractivity contribution in [3.8, 4) is 0 Å². The molecule has 0 radical (unpaired) electrons. The second-order valence-electron chi connectivity index (χ2n) is 7.70. The predicted molar refractivity (Wildman–Crippen MR) is 83.1 cm³/mol. The van der Waals surface area contributed by atoms with Gasteiger partial charge in [-0.3, -0.25) is 0 Å². The summed E-state index contributed by atoms with van der Waals surface area (Å²) in [6.45, 7) is 17.5. The number of carbonyl (C=O) groups is 1. The maximum Gasteiger partial charge on any atom is 0.408 e. The van der Waals surface area contributed by atoms with Gasteiger partial charge in [0.1, 0.15) is 5.60 Å². The van der Waals surface area contributed by atoms with Crippen molar-refractivity contribution in [1.29, 1.82) is 0 Å². The molecule has 0 heterocycles. The standard InChI is InChI=1S/C14H31NO4Si/c1-10(15-12(17)18-13(2,3)4)11(16)19-20(8,9)14(5,6)7/h10-11,16H,1-9H3,(H,15,17). The van der Waals surface area contributed by atoms with Gasteiger partial charge in [-0.2, -0.15) is 0 Å². The van der Waals surface area contributed by atoms with Crippen LogP contribution in [-0.4, -0.2) is 37.5 Å². The maximum absolute atomic E-state index is 11.6. The van der Waals surface area contributed by atoms with Crippen LogP contribution in [-0.2, 0) is 9.16 Å². The molecule has 2 N–H and O–H groups in total. The van der Waals surface area contributed by atoms with Gasteiger partial charge in [-0.1, -0.05) is 20.8 Å². The average molecular weight is 305 g/mol. The zero-order chi connectivity index (χ0) is 16.4. The summed E-state index contributed by atoms with van der Waals surface area (Å²) in [7, 11) is -2.07. The normalized spacial score (nSPS) is 16.5. The lowest BCUT2D eigenvalue weighted by Gasteiger charge is -2.39. The van der Waals surface area contributed by atoms with Crippen LogP contribution in [0, 0.1) is 0 Å². The quantitative estimate of drug-likeness (QED) is 0.618. The van der Waals surface area contributed by atoms with E-state index < -0.39 is 32.3 Å². The van der Waals surface area contributed by atoms with E-state index in [2.05, 4.69) is 39.2 Å². The van der Waals surface area contributed by atoms with E-state index in [-0.39, 0.29) is 5.04 Å². The minimum atomic E-state index is -2.07. The molecule has 6 heteroatoms. The fourth-order valence-electron chi connectivity index (χ4n) is 1.15. The number of rotatable bonds is 4. The number of hydrogen-bond donors (Lipinski definition) is 2. The highest BCUT2D eigenvalue weighted by Crippen LogP contribution is 2.37. The molecule has 0 spiro atoms. The number of aliphatic hydroxyl groups is 1. The monoisotopic (exact) mass is 305 g/mol. The Morgan fingerprint density at radius 3 is 1.95 bits per heavy atom. The van der Waals surface area contributed by atoms with Crippen molar-refractivity contribution in [3.63, 3.8) is 0 Å². The molecule has 20 heavy (non-hydrogen) atoms. The molecule has 0 aromatic carbocycles. The molecule has 0 aliphatic heterocycles. The summed E-state index contributed by atoms with van der Waals surface area (Å²) in [6, 6.07) is -0.529. The lowest BCUT2D eigenvalue weighted by molar-refractivity contribution is -0.0530. The molecule has 0 aliphatic rings. The van der Waals surface area contributed by atoms with E-state index in [0.717, 1.165) is 0 Å². The number of nitrogens with one attached hydrogen (secondary N) is 1. The minimum Gasteiger partial charge on any atom is -0.444 e. The van der Waals surface area contributed by atoms with Gasteiger partial charge in [0, 0.05) is 0 Å². The fourth-order valence-corrected chi connectivity index (χ4v) is 2.31. The van der Waals surface area contributed by atoms with E-state index in [9.17, 15) is 9.90 Å². The first kappa shape index (κ1) is 19.4. The number of ether oxygens (including phenoxy) is 1. The molecule has 0 aromatic rings. The van der Waals surface area contributed by atoms with Crippen LogP contribution in [0.4, 0.5) is 4.79 Å². The Bertz CT molecular complexity index is 331. The van der Waals surface area contributed by atoms with Gasteiger partial charge in [-0.05, 0) is 45.8 Å². The molecule has 2 unspecified atom stereocenters. The second kappa shape index (κ2) is 6.45. The third kappa shape index (κ3) is 6.72. The van der Waals surface area contributed by atoms with E-state index >= 15 is 0 Å². The van der Waals surface area contributed by atoms with Crippen LogP contribution in [0.5, 0.6) is 0 Å². The topological polar surface area (TPSA) is 67.8 Å². The van der Waals surface area contributed by atoms with E-state index in [1.54, 1.807) is 27.7 Å². The summed E-state index contributed by atoms with van der Waals surface area (Å²) < 4.78 is 11.0. The van der Waals surface area contributed by atoms with E-state index in [1.165, 1.54) is 0 Å². The van der Waals surface area contributed by atoms with Crippen molar-refractivity contribution in [1.82, 2.24) is 5.32 Å². The van der Waals surface area contributed by atoms with Gasteiger partial charge in [-0.15, -0.1) is 0 Å². The van der Waals surface area contributed by atoms with Gasteiger partial charge in [0.15, 0.2) is 14.6 Å². The highest BCUT2D eigenvalue weighted by molar-refractivity contribution is 6.74. The number of aliphatic hydroxyl groups excluding tert-OH is 1. The van der Waals surface area contributed by atoms with Crippen LogP contribution in [0.2, 0.25) is 18.1 Å². The van der Waals surface area contributed by atoms with Crippen molar-refractivity contribution < 1.29 is 19.1 Å². The Morgan fingerprint density at radius 1 is 1.15 bits per heavy atom. The maximum atomic E-state index is 11.6. The molecule has 120 valence electrons. The summed E-state index contributed by atoms with van der Waals surface area (Å²) >= 11 is 0. The fraction of sp³-hybridized carbons (Fsp3) is 0.929. The highest BCUT2D eigenvalue weighted by Gasteiger charge is 2.40. The molecule has 0 bridgehead atoms. The van der Waals surface area contributed by atoms with Gasteiger partial charge in [0.05, 0.1) is 6.04 Å². The largest absolute Gasteiger partial charge is 0.444 e. The van der Waals surface area contributed by atoms with E-state index in [0.29, 0.717) is 0 Å². The van der Waals surface area contributed by atoms with Crippen LogP contribution >= 0.6 is 0 Å². The molecule has 2 atom stereocenters. The summed E-state index contributed by atoms with van der Waals surface area (Å²) in [4.78, 5) is 11.6. The van der Waals surface area contributed by atoms with Crippen LogP contribution in [0.1, 0.15) is 48.5 Å². The summed E-state index contributed by atoms with van der Waals surface area (Å²) in [5, 5.41) is 12.7. The minimum absolute atomic E-state index is 0.000378. The summed E-state index contributed by atoms with van der Waals surface area (Å²) in [5.74, 6) is 0. The Kier molecular flexibility index (Phi) is 6.26. The first-order valence-electron chi connectivity index (χ1n) is 7.01. The third-order valence-corrected chi connectivity index (χ3v) is 7.84. The number of alkyl carbamates (subject to hydrolysis) is 1. The molecule has 0 aromatic heterocycles. The molecular formula is C14H31NO4Si. The van der Waals surface area contributed by atoms with E-state index in [1.807, 2.05) is 0 Å². The van der Waals surface area contributed by atoms with Crippen LogP contribution in [0.25, 0.3) is 0 Å². The Hall–Kier alpha value is -0.593. The molecule has 0 rings (SSSR count). The second-order valence-corrected chi connectivity index (χ2v) is 12.5. The van der Waals surface area contributed by atoms with Crippen molar-refractivity contribution in [2.75, 3.05) is 0 Å². The summed E-state index contributed by atoms with van der Waals surface area (Å²) in [5.41, 5.74) is -0.560. The first-order chi connectivity index (χ1) is 8.66. The van der Waals surface area contributed by atoms with E-state index in [4.69, 9.17) is 9.16 Å². The van der Waals surface area contributed by atoms with Crippen LogP contribution in [0.15, 0.2) is 0 Å². The zero-order valence-electron chi connectivity index (χ0n) is 14.3. The van der Waals surface area contributed by atoms with Gasteiger partial charge in [0.25, 0.3) is 0 Å². The molecule has 5 nitrogen and oxygen atoms in total. The molecule has 0 saturated carbocycles. The van der Waals surface area contributed by atoms with Crippen molar-refractivity contribution in [3.05, 3.63) is 0 Å². The van der Waals surface area contributed by atoms with Crippen molar-refractivity contribution in [2.24, 2.45) is 0 Å². The molecule has 0 fully saturated rings. The molecule has 1 amide bonds. The molecule has 0 aliphatic carbocycles. The highest BCUT2D eigenvalue weighted by atomic mass is 28.4. The van der Waals surface area contributed by atoms with Gasteiger partial charge in [-0.25, -0.2) is 4.79 Å². The molecule has 0 saturated heterocycles. The van der Waals surface area contributed by atoms with Gasteiger partial charge < -0.3 is 19.6 Å². The zero-order valence-corrected chi connectivity index (χ0v) is 15.3. The average Bonchev–Trinajstić information content (AvgIpc) is 2.11. The number of carbonyl (C=O) groups excluding carboxylic acids is 1. The SMILES string of the molecule is CC(NC(=O)OC(C)(C)C)C(O)O[Si](C)(C)C(C)(C)C. The Morgan fingerprint density at radius 2 is 1.60 bits per heavy atom. The van der Waals surface area contributed by atoms with Crippen LogP contribution < -0.4 is 5.32 Å². The number of amides is 1. The third-order valence-electron chi connectivity index (χ3n) is 3.39.